The molecule has 2 rings (SSSR count). The molecule has 0 radical (unpaired) electrons. The average molecular weight is 547 g/mol. The predicted molar refractivity (Wildman–Crippen MR) is 110 cm³/mol. The minimum atomic E-state index is -4.77. The highest BCUT2D eigenvalue weighted by molar-refractivity contribution is 14.0. The smallest absolute Gasteiger partial charge is 0.406 e. The summed E-state index contributed by atoms with van der Waals surface area (Å²) in [6, 6.07) is 10.1. The van der Waals surface area contributed by atoms with Crippen molar-refractivity contribution in [2.24, 2.45) is 10.7 Å². The maximum Gasteiger partial charge on any atom is 0.573 e. The molecule has 0 spiro atoms. The van der Waals surface area contributed by atoms with E-state index in [1.165, 1.54) is 30.3 Å². The molecule has 3 N–H and O–H groups in total. The molecule has 29 heavy (non-hydrogen) atoms. The van der Waals surface area contributed by atoms with Crippen LogP contribution in [-0.2, 0) is 16.4 Å². The average Bonchev–Trinajstić information content (AvgIpc) is 2.60. The number of rotatable bonds is 7. The van der Waals surface area contributed by atoms with Gasteiger partial charge in [-0.25, -0.2) is 17.8 Å². The molecular weight excluding hydrogens is 529 g/mol. The molecule has 0 saturated heterocycles. The normalized spacial score (nSPS) is 12.2. The summed E-state index contributed by atoms with van der Waals surface area (Å²) >= 11 is 0. The first kappa shape index (κ1) is 24.9. The number of nitrogens with zero attached hydrogens (tertiary/aromatic N) is 1. The molecule has 0 saturated carbocycles. The molecule has 0 aromatic heterocycles. The molecule has 0 aliphatic carbocycles. The van der Waals surface area contributed by atoms with Crippen LogP contribution < -0.4 is 15.8 Å². The van der Waals surface area contributed by atoms with Gasteiger partial charge in [0.15, 0.2) is 15.8 Å². The van der Waals surface area contributed by atoms with Crippen LogP contribution in [0.3, 0.4) is 0 Å². The molecule has 0 bridgehead atoms. The van der Waals surface area contributed by atoms with E-state index in [2.05, 4.69) is 15.0 Å². The van der Waals surface area contributed by atoms with E-state index in [9.17, 15) is 26.0 Å². The van der Waals surface area contributed by atoms with Crippen molar-refractivity contribution in [3.63, 3.8) is 0 Å². The van der Waals surface area contributed by atoms with Gasteiger partial charge in [0, 0.05) is 6.54 Å². The summed E-state index contributed by atoms with van der Waals surface area (Å²) in [5.41, 5.74) is 6.20. The van der Waals surface area contributed by atoms with Crippen LogP contribution in [0.5, 0.6) is 5.75 Å². The van der Waals surface area contributed by atoms with Crippen molar-refractivity contribution in [2.45, 2.75) is 17.8 Å². The third-order valence-electron chi connectivity index (χ3n) is 3.44. The van der Waals surface area contributed by atoms with Crippen LogP contribution in [-0.4, -0.2) is 33.0 Å². The Morgan fingerprint density at radius 1 is 1.10 bits per heavy atom. The molecule has 0 unspecified atom stereocenters. The number of aliphatic imine (C=N–C) groups is 1. The Hall–Kier alpha value is -2.09. The summed E-state index contributed by atoms with van der Waals surface area (Å²) in [4.78, 5) is 3.56. The van der Waals surface area contributed by atoms with Gasteiger partial charge in [-0.2, -0.15) is 0 Å². The topological polar surface area (TPSA) is 93.8 Å². The fourth-order valence-electron chi connectivity index (χ4n) is 2.15. The van der Waals surface area contributed by atoms with Gasteiger partial charge in [-0.05, 0) is 29.8 Å². The first-order valence-corrected chi connectivity index (χ1v) is 9.58. The van der Waals surface area contributed by atoms with Crippen LogP contribution in [0.1, 0.15) is 5.56 Å². The van der Waals surface area contributed by atoms with Crippen LogP contribution in [0.2, 0.25) is 0 Å². The second-order valence-corrected chi connectivity index (χ2v) is 7.65. The number of alkyl halides is 3. The molecule has 0 atom stereocenters. The largest absolute Gasteiger partial charge is 0.573 e. The van der Waals surface area contributed by atoms with E-state index in [0.29, 0.717) is 5.56 Å². The van der Waals surface area contributed by atoms with Gasteiger partial charge in [-0.15, -0.1) is 37.1 Å². The first-order chi connectivity index (χ1) is 13.1. The molecule has 2 aromatic carbocycles. The van der Waals surface area contributed by atoms with Gasteiger partial charge in [0.1, 0.15) is 16.5 Å². The Kier molecular flexibility index (Phi) is 9.14. The van der Waals surface area contributed by atoms with Crippen LogP contribution in [0, 0.1) is 5.82 Å². The molecule has 0 heterocycles. The van der Waals surface area contributed by atoms with Gasteiger partial charge in [0.2, 0.25) is 0 Å². The van der Waals surface area contributed by atoms with Crippen LogP contribution in [0.15, 0.2) is 58.4 Å². The van der Waals surface area contributed by atoms with E-state index in [1.54, 1.807) is 0 Å². The quantitative estimate of drug-likeness (QED) is 0.241. The zero-order valence-electron chi connectivity index (χ0n) is 14.8. The Bertz CT molecular complexity index is 936. The number of benzene rings is 2. The maximum atomic E-state index is 13.6. The van der Waals surface area contributed by atoms with E-state index >= 15 is 0 Å². The van der Waals surface area contributed by atoms with Gasteiger partial charge in [-0.1, -0.05) is 24.3 Å². The molecule has 2 aromatic rings. The van der Waals surface area contributed by atoms with Crippen molar-refractivity contribution in [2.75, 3.05) is 12.3 Å². The van der Waals surface area contributed by atoms with Crippen LogP contribution in [0.4, 0.5) is 17.6 Å². The Balaban J connectivity index is 0.00000420. The van der Waals surface area contributed by atoms with Crippen molar-refractivity contribution >= 4 is 39.8 Å². The van der Waals surface area contributed by atoms with Crippen molar-refractivity contribution in [1.29, 1.82) is 0 Å². The summed E-state index contributed by atoms with van der Waals surface area (Å²) in [7, 11) is -3.83. The van der Waals surface area contributed by atoms with Crippen molar-refractivity contribution in [3.05, 3.63) is 59.9 Å². The summed E-state index contributed by atoms with van der Waals surface area (Å²) < 4.78 is 77.8. The summed E-state index contributed by atoms with van der Waals surface area (Å²) in [6.45, 7) is -0.0322. The highest BCUT2D eigenvalue weighted by atomic mass is 127. The van der Waals surface area contributed by atoms with Crippen molar-refractivity contribution in [1.82, 2.24) is 5.32 Å². The number of sulfone groups is 1. The van der Waals surface area contributed by atoms with Crippen molar-refractivity contribution < 1.29 is 30.7 Å². The highest BCUT2D eigenvalue weighted by Gasteiger charge is 2.30. The lowest BCUT2D eigenvalue weighted by molar-refractivity contribution is -0.274. The van der Waals surface area contributed by atoms with Gasteiger partial charge in [0.25, 0.3) is 0 Å². The molecule has 0 aliphatic heterocycles. The van der Waals surface area contributed by atoms with Gasteiger partial charge in [0.05, 0.1) is 12.3 Å². The second kappa shape index (κ2) is 10.6. The molecule has 0 fully saturated rings. The van der Waals surface area contributed by atoms with E-state index < -0.39 is 32.7 Å². The highest BCUT2D eigenvalue weighted by Crippen LogP contribution is 2.22. The van der Waals surface area contributed by atoms with Gasteiger partial charge in [-0.3, -0.25) is 0 Å². The first-order valence-electron chi connectivity index (χ1n) is 7.92. The van der Waals surface area contributed by atoms with E-state index in [0.717, 1.165) is 18.2 Å². The molecular formula is C17H18F4IN3O3S. The standard InChI is InChI=1S/C17H17F4N3O3S.HI/c18-14-3-1-2-4-15(14)28(25,26)10-9-23-16(22)24-11-12-5-7-13(8-6-12)27-17(19,20)21;/h1-8H,9-11H2,(H3,22,23,24);1H. The van der Waals surface area contributed by atoms with Crippen LogP contribution >= 0.6 is 24.0 Å². The predicted octanol–water partition coefficient (Wildman–Crippen LogP) is 3.22. The number of nitrogens with one attached hydrogen (secondary N) is 1. The summed E-state index contributed by atoms with van der Waals surface area (Å²) in [6.07, 6.45) is -4.77. The third kappa shape index (κ3) is 8.43. The zero-order valence-corrected chi connectivity index (χ0v) is 18.0. The minimum absolute atomic E-state index is 0. The van der Waals surface area contributed by atoms with Crippen LogP contribution in [0.25, 0.3) is 0 Å². The number of guanidine groups is 1. The minimum Gasteiger partial charge on any atom is -0.406 e. The Morgan fingerprint density at radius 2 is 1.72 bits per heavy atom. The number of nitrogens with two attached hydrogens (primary N) is 1. The summed E-state index contributed by atoms with van der Waals surface area (Å²) in [5, 5.41) is 2.59. The van der Waals surface area contributed by atoms with Crippen molar-refractivity contribution in [3.8, 4) is 5.75 Å². The SMILES string of the molecule is I.NC(=NCc1ccc(OC(F)(F)F)cc1)NCCS(=O)(=O)c1ccccc1F. The van der Waals surface area contributed by atoms with Gasteiger partial charge < -0.3 is 15.8 Å². The number of hydrogen-bond donors (Lipinski definition) is 2. The lowest BCUT2D eigenvalue weighted by atomic mass is 10.2. The lowest BCUT2D eigenvalue weighted by Gasteiger charge is -2.09. The van der Waals surface area contributed by atoms with E-state index in [1.807, 2.05) is 0 Å². The van der Waals surface area contributed by atoms with E-state index in [-0.39, 0.29) is 48.8 Å². The third-order valence-corrected chi connectivity index (χ3v) is 5.18. The Labute approximate surface area is 182 Å². The molecule has 12 heteroatoms. The number of ether oxygens (including phenoxy) is 1. The molecule has 160 valence electrons. The Morgan fingerprint density at radius 3 is 2.31 bits per heavy atom. The maximum absolute atomic E-state index is 13.6. The second-order valence-electron chi connectivity index (χ2n) is 5.57. The molecule has 6 nitrogen and oxygen atoms in total. The number of halogens is 5. The fraction of sp³-hybridized carbons (Fsp3) is 0.235. The number of hydrogen-bond acceptors (Lipinski definition) is 4. The van der Waals surface area contributed by atoms with Gasteiger partial charge >= 0.3 is 6.36 Å². The zero-order chi connectivity index (χ0) is 20.8. The summed E-state index contributed by atoms with van der Waals surface area (Å²) in [5.74, 6) is -1.64. The van der Waals surface area contributed by atoms with E-state index in [4.69, 9.17) is 5.73 Å². The lowest BCUT2D eigenvalue weighted by Crippen LogP contribution is -2.35. The fourth-order valence-corrected chi connectivity index (χ4v) is 3.39. The molecule has 0 aliphatic rings. The monoisotopic (exact) mass is 547 g/mol. The molecule has 0 amide bonds.